The van der Waals surface area contributed by atoms with Gasteiger partial charge in [0.1, 0.15) is 4.83 Å². The van der Waals surface area contributed by atoms with Gasteiger partial charge in [0.15, 0.2) is 5.58 Å². The second-order valence-electron chi connectivity index (χ2n) is 8.86. The van der Waals surface area contributed by atoms with Gasteiger partial charge in [-0.05, 0) is 72.4 Å². The first kappa shape index (κ1) is 25.7. The van der Waals surface area contributed by atoms with Crippen molar-refractivity contribution in [3.8, 4) is 0 Å². The second kappa shape index (κ2) is 9.93. The molecule has 4 rings (SSSR count). The number of ether oxygens (including phenoxy) is 1. The summed E-state index contributed by atoms with van der Waals surface area (Å²) in [4.78, 5) is 12.5. The molecule has 2 aromatic carbocycles. The van der Waals surface area contributed by atoms with Gasteiger partial charge in [0.2, 0.25) is 0 Å². The molecule has 0 N–H and O–H groups in total. The number of nitrogens with zero attached hydrogens (tertiary/aromatic N) is 1. The highest BCUT2D eigenvalue weighted by Crippen LogP contribution is 2.40. The molecule has 0 saturated carbocycles. The van der Waals surface area contributed by atoms with Crippen LogP contribution in [0.2, 0.25) is 0 Å². The van der Waals surface area contributed by atoms with E-state index in [0.717, 1.165) is 44.1 Å². The Morgan fingerprint density at radius 1 is 1.20 bits per heavy atom. The Labute approximate surface area is 213 Å². The number of aryl methyl sites for hydroxylation is 3. The average molecular weight is 568 g/mol. The number of thiophene rings is 1. The molecule has 0 radical (unpaired) electrons. The molecular weight excluding hydrogens is 543 g/mol. The number of carbonyl (C=O) groups excluding carboxylic acids is 1. The summed E-state index contributed by atoms with van der Waals surface area (Å²) < 4.78 is 50.8. The quantitative estimate of drug-likeness (QED) is 0.169. The minimum atomic E-state index is -4.37. The van der Waals surface area contributed by atoms with Crippen LogP contribution >= 0.6 is 27.3 Å². The monoisotopic (exact) mass is 567 g/mol. The van der Waals surface area contributed by atoms with Crippen LogP contribution in [0.3, 0.4) is 0 Å². The molecule has 0 spiro atoms. The first-order valence-electron chi connectivity index (χ1n) is 11.2. The van der Waals surface area contributed by atoms with E-state index in [1.165, 1.54) is 24.5 Å². The molecular formula is C26H25BrF3NO3S. The number of rotatable bonds is 7. The van der Waals surface area contributed by atoms with Gasteiger partial charge in [-0.1, -0.05) is 47.1 Å². The molecule has 1 atom stereocenters. The fraction of sp³-hybridized carbons (Fsp3) is 0.385. The maximum absolute atomic E-state index is 13.3. The van der Waals surface area contributed by atoms with Crippen molar-refractivity contribution in [3.63, 3.8) is 0 Å². The summed E-state index contributed by atoms with van der Waals surface area (Å²) in [5.74, 6) is -0.193. The number of methoxy groups -OCH3 is 1. The summed E-state index contributed by atoms with van der Waals surface area (Å²) in [5.41, 5.74) is 3.83. The lowest BCUT2D eigenvalue weighted by Gasteiger charge is -2.12. The summed E-state index contributed by atoms with van der Waals surface area (Å²) in [6.07, 6.45) is -2.77. The molecule has 0 amide bonds. The van der Waals surface area contributed by atoms with E-state index in [0.29, 0.717) is 29.5 Å². The van der Waals surface area contributed by atoms with Crippen molar-refractivity contribution < 1.29 is 27.2 Å². The standard InChI is InChI=1S/C26H25BrF3NO3S/c1-13(2)23-16-7-6-15(26(28,29)30)11-22(16)35-21(23)10-8-19-24-17(12-18(27)25(32)33-4)14(3)5-9-20(24)34-31-19/h5-7,9,11,13,18H,8,10,12H2,1-4H3. The smallest absolute Gasteiger partial charge is 0.416 e. The largest absolute Gasteiger partial charge is 0.468 e. The minimum Gasteiger partial charge on any atom is -0.468 e. The topological polar surface area (TPSA) is 52.3 Å². The van der Waals surface area contributed by atoms with Crippen LogP contribution in [-0.4, -0.2) is 23.1 Å². The Morgan fingerprint density at radius 2 is 1.94 bits per heavy atom. The Kier molecular flexibility index (Phi) is 7.29. The third-order valence-electron chi connectivity index (χ3n) is 6.19. The van der Waals surface area contributed by atoms with Crippen LogP contribution in [0.25, 0.3) is 21.1 Å². The Bertz CT molecular complexity index is 1390. The molecule has 0 saturated heterocycles. The molecule has 0 aliphatic rings. The van der Waals surface area contributed by atoms with E-state index < -0.39 is 16.6 Å². The Morgan fingerprint density at radius 3 is 2.60 bits per heavy atom. The van der Waals surface area contributed by atoms with Gasteiger partial charge in [0.05, 0.1) is 18.4 Å². The summed E-state index contributed by atoms with van der Waals surface area (Å²) in [6.45, 7) is 6.08. The molecule has 35 heavy (non-hydrogen) atoms. The van der Waals surface area contributed by atoms with Gasteiger partial charge < -0.3 is 9.26 Å². The molecule has 9 heteroatoms. The predicted molar refractivity (Wildman–Crippen MR) is 136 cm³/mol. The van der Waals surface area contributed by atoms with E-state index in [2.05, 4.69) is 34.9 Å². The van der Waals surface area contributed by atoms with Crippen molar-refractivity contribution in [2.24, 2.45) is 0 Å². The normalized spacial score (nSPS) is 13.2. The molecule has 1 unspecified atom stereocenters. The average Bonchev–Trinajstić information content (AvgIpc) is 3.38. The Hall–Kier alpha value is -2.39. The molecule has 4 aromatic rings. The van der Waals surface area contributed by atoms with Gasteiger partial charge >= 0.3 is 12.1 Å². The molecule has 4 nitrogen and oxygen atoms in total. The minimum absolute atomic E-state index is 0.163. The molecule has 2 heterocycles. The van der Waals surface area contributed by atoms with E-state index >= 15 is 0 Å². The van der Waals surface area contributed by atoms with Gasteiger partial charge in [-0.15, -0.1) is 11.3 Å². The number of fused-ring (bicyclic) bond motifs is 2. The Balaban J connectivity index is 1.70. The fourth-order valence-electron chi connectivity index (χ4n) is 4.49. The number of hydrogen-bond donors (Lipinski definition) is 0. The third kappa shape index (κ3) is 5.11. The van der Waals surface area contributed by atoms with E-state index in [9.17, 15) is 18.0 Å². The highest BCUT2D eigenvalue weighted by atomic mass is 79.9. The highest BCUT2D eigenvalue weighted by Gasteiger charge is 2.31. The zero-order valence-electron chi connectivity index (χ0n) is 19.8. The zero-order chi connectivity index (χ0) is 25.5. The summed E-state index contributed by atoms with van der Waals surface area (Å²) in [7, 11) is 1.35. The number of alkyl halides is 4. The highest BCUT2D eigenvalue weighted by molar-refractivity contribution is 9.10. The third-order valence-corrected chi connectivity index (χ3v) is 8.12. The summed E-state index contributed by atoms with van der Waals surface area (Å²) in [6, 6.07) is 7.78. The van der Waals surface area contributed by atoms with Crippen LogP contribution in [0.5, 0.6) is 0 Å². The van der Waals surface area contributed by atoms with Crippen molar-refractivity contribution in [3.05, 3.63) is 63.2 Å². The number of hydrogen-bond acceptors (Lipinski definition) is 5. The van der Waals surface area contributed by atoms with Gasteiger partial charge in [0, 0.05) is 15.0 Å². The van der Waals surface area contributed by atoms with E-state index in [4.69, 9.17) is 9.26 Å². The number of benzene rings is 2. The maximum Gasteiger partial charge on any atom is 0.416 e. The lowest BCUT2D eigenvalue weighted by molar-refractivity contribution is -0.140. The van der Waals surface area contributed by atoms with Crippen LogP contribution in [0.4, 0.5) is 13.2 Å². The van der Waals surface area contributed by atoms with Crippen LogP contribution in [0.1, 0.15) is 52.6 Å². The number of carbonyl (C=O) groups is 1. The molecule has 0 bridgehead atoms. The van der Waals surface area contributed by atoms with Crippen LogP contribution in [0.15, 0.2) is 34.9 Å². The van der Waals surface area contributed by atoms with E-state index in [1.807, 2.05) is 19.1 Å². The van der Waals surface area contributed by atoms with Crippen LogP contribution in [0, 0.1) is 6.92 Å². The van der Waals surface area contributed by atoms with Gasteiger partial charge in [-0.3, -0.25) is 4.79 Å². The van der Waals surface area contributed by atoms with Gasteiger partial charge in [0.25, 0.3) is 0 Å². The van der Waals surface area contributed by atoms with Crippen LogP contribution < -0.4 is 0 Å². The van der Waals surface area contributed by atoms with E-state index in [1.54, 1.807) is 6.07 Å². The summed E-state index contributed by atoms with van der Waals surface area (Å²) in [5, 5.41) is 6.06. The number of halogens is 4. The van der Waals surface area contributed by atoms with Crippen LogP contribution in [-0.2, 0) is 35.0 Å². The second-order valence-corrected chi connectivity index (χ2v) is 11.1. The van der Waals surface area contributed by atoms with Crippen molar-refractivity contribution >= 4 is 54.3 Å². The number of aromatic nitrogens is 1. The van der Waals surface area contributed by atoms with Crippen molar-refractivity contribution in [1.82, 2.24) is 5.16 Å². The maximum atomic E-state index is 13.3. The molecule has 186 valence electrons. The first-order valence-corrected chi connectivity index (χ1v) is 13.0. The van der Waals surface area contributed by atoms with Crippen molar-refractivity contribution in [2.75, 3.05) is 7.11 Å². The zero-order valence-corrected chi connectivity index (χ0v) is 22.2. The van der Waals surface area contributed by atoms with Gasteiger partial charge in [-0.2, -0.15) is 13.2 Å². The lowest BCUT2D eigenvalue weighted by atomic mass is 9.95. The summed E-state index contributed by atoms with van der Waals surface area (Å²) >= 11 is 4.82. The molecule has 0 aliphatic carbocycles. The first-order chi connectivity index (χ1) is 16.5. The van der Waals surface area contributed by atoms with Crippen molar-refractivity contribution in [1.29, 1.82) is 0 Å². The lowest BCUT2D eigenvalue weighted by Crippen LogP contribution is -2.18. The molecule has 2 aromatic heterocycles. The SMILES string of the molecule is COC(=O)C(Br)Cc1c(C)ccc2onc(CCc3sc4cc(C(F)(F)F)ccc4c3C(C)C)c12. The fourth-order valence-corrected chi connectivity index (χ4v) is 6.40. The van der Waals surface area contributed by atoms with E-state index in [-0.39, 0.29) is 11.9 Å². The van der Waals surface area contributed by atoms with Gasteiger partial charge in [-0.25, -0.2) is 0 Å². The number of esters is 1. The molecule has 0 fully saturated rings. The van der Waals surface area contributed by atoms with Crippen molar-refractivity contribution in [2.45, 2.75) is 57.0 Å². The predicted octanol–water partition coefficient (Wildman–Crippen LogP) is 7.76. The molecule has 0 aliphatic heterocycles.